The number of halogens is 1. The molecule has 0 N–H and O–H groups in total. The summed E-state index contributed by atoms with van der Waals surface area (Å²) < 4.78 is 34.4. The average Bonchev–Trinajstić information content (AvgIpc) is 2.85. The Hall–Kier alpha value is -2.09. The van der Waals surface area contributed by atoms with Crippen molar-refractivity contribution < 1.29 is 17.9 Å². The molecule has 184 valence electrons. The topological polar surface area (TPSA) is 66.9 Å². The second kappa shape index (κ2) is 11.1. The Morgan fingerprint density at radius 2 is 1.65 bits per heavy atom. The van der Waals surface area contributed by atoms with Gasteiger partial charge < -0.3 is 9.64 Å². The Kier molecular flexibility index (Phi) is 8.17. The molecular formula is C26H33ClN2O4S. The van der Waals surface area contributed by atoms with Crippen molar-refractivity contribution in [3.8, 4) is 5.75 Å². The van der Waals surface area contributed by atoms with Gasteiger partial charge in [-0.15, -0.1) is 0 Å². The van der Waals surface area contributed by atoms with Crippen LogP contribution >= 0.6 is 11.6 Å². The van der Waals surface area contributed by atoms with Crippen LogP contribution < -0.4 is 4.74 Å². The fourth-order valence-corrected chi connectivity index (χ4v) is 6.72. The van der Waals surface area contributed by atoms with Crippen LogP contribution in [-0.2, 0) is 20.6 Å². The zero-order chi connectivity index (χ0) is 24.0. The number of nitrogens with zero attached hydrogens (tertiary/aromatic N) is 2. The molecule has 34 heavy (non-hydrogen) atoms. The van der Waals surface area contributed by atoms with E-state index in [-0.39, 0.29) is 18.2 Å². The lowest BCUT2D eigenvalue weighted by Crippen LogP contribution is -2.51. The first-order valence-electron chi connectivity index (χ1n) is 12.0. The number of carbonyl (C=O) groups is 1. The van der Waals surface area contributed by atoms with E-state index in [1.807, 2.05) is 35.2 Å². The summed E-state index contributed by atoms with van der Waals surface area (Å²) in [6.07, 6.45) is 4.97. The van der Waals surface area contributed by atoms with Gasteiger partial charge in [0.15, 0.2) is 0 Å². The molecule has 0 aromatic heterocycles. The maximum atomic E-state index is 13.3. The summed E-state index contributed by atoms with van der Waals surface area (Å²) in [5.74, 6) is 0.751. The van der Waals surface area contributed by atoms with Crippen molar-refractivity contribution in [1.29, 1.82) is 0 Å². The van der Waals surface area contributed by atoms with Crippen molar-refractivity contribution in [3.63, 3.8) is 0 Å². The summed E-state index contributed by atoms with van der Waals surface area (Å²) in [6, 6.07) is 16.4. The summed E-state index contributed by atoms with van der Waals surface area (Å²) in [7, 11) is -3.55. The summed E-state index contributed by atoms with van der Waals surface area (Å²) in [6.45, 7) is 2.62. The number of rotatable bonds is 8. The minimum absolute atomic E-state index is 0.0835. The van der Waals surface area contributed by atoms with E-state index >= 15 is 0 Å². The van der Waals surface area contributed by atoms with Crippen LogP contribution in [0.25, 0.3) is 0 Å². The Bertz CT molecular complexity index is 1060. The molecule has 1 unspecified atom stereocenters. The van der Waals surface area contributed by atoms with Gasteiger partial charge in [-0.05, 0) is 61.9 Å². The van der Waals surface area contributed by atoms with Crippen LogP contribution in [0.2, 0.25) is 5.02 Å². The minimum atomic E-state index is -3.55. The Morgan fingerprint density at radius 3 is 2.35 bits per heavy atom. The molecular weight excluding hydrogens is 472 g/mol. The zero-order valence-electron chi connectivity index (χ0n) is 19.5. The fourth-order valence-electron chi connectivity index (χ4n) is 4.92. The molecule has 0 spiro atoms. The highest BCUT2D eigenvalue weighted by Crippen LogP contribution is 2.37. The van der Waals surface area contributed by atoms with Crippen LogP contribution in [0.3, 0.4) is 0 Å². The highest BCUT2D eigenvalue weighted by atomic mass is 35.5. The van der Waals surface area contributed by atoms with Gasteiger partial charge in [0.25, 0.3) is 0 Å². The third-order valence-electron chi connectivity index (χ3n) is 6.81. The molecule has 1 amide bonds. The van der Waals surface area contributed by atoms with E-state index in [4.69, 9.17) is 16.3 Å². The zero-order valence-corrected chi connectivity index (χ0v) is 21.1. The van der Waals surface area contributed by atoms with Gasteiger partial charge in [-0.3, -0.25) is 4.79 Å². The number of amides is 1. The summed E-state index contributed by atoms with van der Waals surface area (Å²) in [4.78, 5) is 15.2. The van der Waals surface area contributed by atoms with E-state index in [9.17, 15) is 13.2 Å². The van der Waals surface area contributed by atoms with Crippen LogP contribution in [0.4, 0.5) is 0 Å². The van der Waals surface area contributed by atoms with Crippen molar-refractivity contribution in [2.45, 2.75) is 44.3 Å². The lowest BCUT2D eigenvalue weighted by atomic mass is 9.78. The number of hydrogen-bond acceptors (Lipinski definition) is 4. The number of likely N-dealkylation sites (tertiary alicyclic amines) is 1. The molecule has 2 heterocycles. The van der Waals surface area contributed by atoms with E-state index in [2.05, 4.69) is 0 Å². The van der Waals surface area contributed by atoms with Crippen molar-refractivity contribution in [3.05, 3.63) is 65.2 Å². The first kappa shape index (κ1) is 25.0. The van der Waals surface area contributed by atoms with Crippen LogP contribution in [0, 0.1) is 5.41 Å². The summed E-state index contributed by atoms with van der Waals surface area (Å²) >= 11 is 5.96. The van der Waals surface area contributed by atoms with Gasteiger partial charge in [0.2, 0.25) is 15.9 Å². The van der Waals surface area contributed by atoms with Crippen LogP contribution in [0.5, 0.6) is 5.75 Å². The molecule has 8 heteroatoms. The van der Waals surface area contributed by atoms with Crippen molar-refractivity contribution >= 4 is 27.5 Å². The third kappa shape index (κ3) is 6.52. The SMILES string of the molecule is O=C(CC1(COc2ccccc2)CCCN(S(=O)(=O)Cc2ccc(Cl)cc2)C1)N1CCCCC1. The highest BCUT2D eigenvalue weighted by Gasteiger charge is 2.42. The normalized spacial score (nSPS) is 21.9. The third-order valence-corrected chi connectivity index (χ3v) is 8.85. The van der Waals surface area contributed by atoms with Crippen molar-refractivity contribution in [2.75, 3.05) is 32.8 Å². The number of hydrogen-bond donors (Lipinski definition) is 0. The maximum absolute atomic E-state index is 13.3. The number of sulfonamides is 1. The standard InChI is InChI=1S/C26H33ClN2O4S/c27-23-12-10-22(11-13-23)19-34(31,32)29-17-7-14-26(20-29,21-33-24-8-3-1-4-9-24)18-25(30)28-15-5-2-6-16-28/h1,3-4,8-13H,2,5-7,14-21H2. The van der Waals surface area contributed by atoms with Crippen LogP contribution in [0.15, 0.2) is 54.6 Å². The molecule has 2 aliphatic heterocycles. The molecule has 4 rings (SSSR count). The monoisotopic (exact) mass is 504 g/mol. The second-order valence-corrected chi connectivity index (χ2v) is 11.9. The predicted octanol–water partition coefficient (Wildman–Crippen LogP) is 4.73. The Labute approximate surface area is 207 Å². The van der Waals surface area contributed by atoms with E-state index in [0.717, 1.165) is 44.5 Å². The molecule has 2 aromatic carbocycles. The van der Waals surface area contributed by atoms with Gasteiger partial charge in [0, 0.05) is 43.0 Å². The number of ether oxygens (including phenoxy) is 1. The van der Waals surface area contributed by atoms with Gasteiger partial charge in [-0.25, -0.2) is 12.7 Å². The molecule has 0 radical (unpaired) electrons. The van der Waals surface area contributed by atoms with Crippen molar-refractivity contribution in [2.24, 2.45) is 5.41 Å². The first-order chi connectivity index (χ1) is 16.4. The number of piperidine rings is 2. The molecule has 1 atom stereocenters. The van der Waals surface area contributed by atoms with Crippen LogP contribution in [0.1, 0.15) is 44.1 Å². The lowest BCUT2D eigenvalue weighted by molar-refractivity contribution is -0.136. The van der Waals surface area contributed by atoms with Gasteiger partial charge in [0.05, 0.1) is 12.4 Å². The number of carbonyl (C=O) groups excluding carboxylic acids is 1. The minimum Gasteiger partial charge on any atom is -0.493 e. The van der Waals surface area contributed by atoms with E-state index in [1.165, 1.54) is 0 Å². The number of para-hydroxylation sites is 1. The Morgan fingerprint density at radius 1 is 0.941 bits per heavy atom. The fraction of sp³-hybridized carbons (Fsp3) is 0.500. The molecule has 2 aromatic rings. The molecule has 2 aliphatic rings. The van der Waals surface area contributed by atoms with Gasteiger partial charge in [-0.2, -0.15) is 0 Å². The van der Waals surface area contributed by atoms with E-state index in [1.54, 1.807) is 28.6 Å². The molecule has 6 nitrogen and oxygen atoms in total. The Balaban J connectivity index is 1.52. The van der Waals surface area contributed by atoms with E-state index < -0.39 is 15.4 Å². The largest absolute Gasteiger partial charge is 0.493 e. The predicted molar refractivity (Wildman–Crippen MR) is 134 cm³/mol. The average molecular weight is 505 g/mol. The van der Waals surface area contributed by atoms with Gasteiger partial charge in [0.1, 0.15) is 5.75 Å². The van der Waals surface area contributed by atoms with Gasteiger partial charge in [-0.1, -0.05) is 41.9 Å². The quantitative estimate of drug-likeness (QED) is 0.521. The highest BCUT2D eigenvalue weighted by molar-refractivity contribution is 7.88. The lowest BCUT2D eigenvalue weighted by Gasteiger charge is -2.42. The maximum Gasteiger partial charge on any atom is 0.223 e. The smallest absolute Gasteiger partial charge is 0.223 e. The number of benzene rings is 2. The summed E-state index contributed by atoms with van der Waals surface area (Å²) in [5, 5.41) is 0.576. The van der Waals surface area contributed by atoms with E-state index in [0.29, 0.717) is 36.6 Å². The second-order valence-electron chi connectivity index (χ2n) is 9.54. The molecule has 2 fully saturated rings. The molecule has 0 bridgehead atoms. The molecule has 0 saturated carbocycles. The van der Waals surface area contributed by atoms with Crippen molar-refractivity contribution in [1.82, 2.24) is 9.21 Å². The molecule has 2 saturated heterocycles. The van der Waals surface area contributed by atoms with Crippen LogP contribution in [-0.4, -0.2) is 56.3 Å². The van der Waals surface area contributed by atoms with Gasteiger partial charge >= 0.3 is 0 Å². The molecule has 0 aliphatic carbocycles. The summed E-state index contributed by atoms with van der Waals surface area (Å²) in [5.41, 5.74) is 0.140. The first-order valence-corrected chi connectivity index (χ1v) is 14.0.